The number of carboxylic acid groups (broad SMARTS) is 1. The molecule has 0 aromatic carbocycles. The molecule has 2 N–H and O–H groups in total. The minimum atomic E-state index is -0.892. The first-order valence-corrected chi connectivity index (χ1v) is 8.52. The fraction of sp³-hybridized carbons (Fsp3) is 0.857. The lowest BCUT2D eigenvalue weighted by Crippen LogP contribution is -2.52. The van der Waals surface area contributed by atoms with Crippen LogP contribution >= 0.6 is 11.8 Å². The first-order valence-electron chi connectivity index (χ1n) is 7.47. The van der Waals surface area contributed by atoms with Gasteiger partial charge in [-0.25, -0.2) is 9.59 Å². The molecule has 2 amide bonds. The van der Waals surface area contributed by atoms with Crippen molar-refractivity contribution >= 4 is 23.8 Å². The second-order valence-corrected chi connectivity index (χ2v) is 6.97. The summed E-state index contributed by atoms with van der Waals surface area (Å²) in [6, 6.07) is -0.783. The monoisotopic (exact) mass is 300 g/mol. The lowest BCUT2D eigenvalue weighted by molar-refractivity contribution is -0.141. The summed E-state index contributed by atoms with van der Waals surface area (Å²) in [5.74, 6) is 0.103. The van der Waals surface area contributed by atoms with Crippen molar-refractivity contribution in [2.75, 3.05) is 5.75 Å². The average Bonchev–Trinajstić information content (AvgIpc) is 3.14. The number of unbranched alkanes of at least 4 members (excludes halogenated alkanes) is 1. The molecule has 3 atom stereocenters. The number of hydrogen-bond donors (Lipinski definition) is 2. The third-order valence-electron chi connectivity index (χ3n) is 3.94. The van der Waals surface area contributed by atoms with Crippen molar-refractivity contribution in [1.29, 1.82) is 0 Å². The number of carboxylic acids is 1. The zero-order valence-corrected chi connectivity index (χ0v) is 13.0. The summed E-state index contributed by atoms with van der Waals surface area (Å²) in [5.41, 5.74) is 0. The fourth-order valence-corrected chi connectivity index (χ4v) is 4.22. The van der Waals surface area contributed by atoms with Crippen LogP contribution in [0.3, 0.4) is 0 Å². The van der Waals surface area contributed by atoms with Gasteiger partial charge >= 0.3 is 12.0 Å². The quantitative estimate of drug-likeness (QED) is 0.791. The van der Waals surface area contributed by atoms with Gasteiger partial charge in [-0.2, -0.15) is 0 Å². The van der Waals surface area contributed by atoms with Gasteiger partial charge in [-0.1, -0.05) is 19.8 Å². The highest BCUT2D eigenvalue weighted by atomic mass is 32.2. The summed E-state index contributed by atoms with van der Waals surface area (Å²) in [7, 11) is 0. The number of nitrogens with one attached hydrogen (secondary N) is 1. The summed E-state index contributed by atoms with van der Waals surface area (Å²) in [4.78, 5) is 25.3. The molecule has 2 aliphatic rings. The van der Waals surface area contributed by atoms with Crippen molar-refractivity contribution in [3.05, 3.63) is 0 Å². The van der Waals surface area contributed by atoms with Gasteiger partial charge in [0.15, 0.2) is 0 Å². The topological polar surface area (TPSA) is 69.6 Å². The Bertz CT molecular complexity index is 373. The highest BCUT2D eigenvalue weighted by Crippen LogP contribution is 2.45. The molecule has 1 aliphatic heterocycles. The number of thioether (sulfide) groups is 1. The van der Waals surface area contributed by atoms with E-state index in [0.717, 1.165) is 32.1 Å². The summed E-state index contributed by atoms with van der Waals surface area (Å²) < 4.78 is 0. The number of aliphatic carboxylic acids is 1. The number of carbonyl (C=O) groups is 2. The second-order valence-electron chi connectivity index (χ2n) is 5.82. The van der Waals surface area contributed by atoms with E-state index < -0.39 is 12.0 Å². The largest absolute Gasteiger partial charge is 0.480 e. The van der Waals surface area contributed by atoms with E-state index in [2.05, 4.69) is 12.2 Å². The molecule has 2 rings (SSSR count). The van der Waals surface area contributed by atoms with Gasteiger partial charge in [-0.05, 0) is 32.1 Å². The molecule has 6 heteroatoms. The van der Waals surface area contributed by atoms with E-state index in [1.807, 2.05) is 6.92 Å². The number of urea groups is 1. The molecular weight excluding hydrogens is 276 g/mol. The minimum absolute atomic E-state index is 0.0504. The van der Waals surface area contributed by atoms with Crippen molar-refractivity contribution in [3.8, 4) is 0 Å². The number of carbonyl (C=O) groups excluding carboxylic acids is 1. The molecule has 0 spiro atoms. The van der Waals surface area contributed by atoms with Gasteiger partial charge in [-0.3, -0.25) is 4.90 Å². The van der Waals surface area contributed by atoms with Crippen molar-refractivity contribution in [2.45, 2.75) is 63.4 Å². The maximum absolute atomic E-state index is 12.4. The van der Waals surface area contributed by atoms with Crippen LogP contribution in [0.2, 0.25) is 0 Å². The summed E-state index contributed by atoms with van der Waals surface area (Å²) >= 11 is 1.62. The average molecular weight is 300 g/mol. The molecule has 0 aromatic rings. The van der Waals surface area contributed by atoms with Crippen LogP contribution in [-0.2, 0) is 4.79 Å². The normalized spacial score (nSPS) is 27.4. The standard InChI is InChI=1S/C14H24N2O3S/c1-3-4-5-9(2)15-14(19)16-11(13(17)18)8-20-12(16)10-6-7-10/h9-12H,3-8H2,1-2H3,(H,15,19)(H,17,18). The number of nitrogens with zero attached hydrogens (tertiary/aromatic N) is 1. The first-order chi connectivity index (χ1) is 9.54. The Kier molecular flexibility index (Phi) is 5.18. The Hall–Kier alpha value is -0.910. The van der Waals surface area contributed by atoms with E-state index in [9.17, 15) is 14.7 Å². The number of rotatable bonds is 6. The zero-order valence-electron chi connectivity index (χ0n) is 12.2. The predicted octanol–water partition coefficient (Wildman–Crippen LogP) is 2.51. The molecule has 20 heavy (non-hydrogen) atoms. The van der Waals surface area contributed by atoms with Crippen LogP contribution in [0.4, 0.5) is 4.79 Å². The highest BCUT2D eigenvalue weighted by Gasteiger charge is 2.48. The number of amides is 2. The van der Waals surface area contributed by atoms with Gasteiger partial charge in [0.25, 0.3) is 0 Å². The van der Waals surface area contributed by atoms with E-state index in [-0.39, 0.29) is 17.4 Å². The molecule has 5 nitrogen and oxygen atoms in total. The lowest BCUT2D eigenvalue weighted by Gasteiger charge is -2.29. The third-order valence-corrected chi connectivity index (χ3v) is 5.40. The van der Waals surface area contributed by atoms with Gasteiger partial charge in [-0.15, -0.1) is 11.8 Å². The first kappa shape index (κ1) is 15.5. The SMILES string of the molecule is CCCCC(C)NC(=O)N1C(C(=O)O)CSC1C1CC1. The van der Waals surface area contributed by atoms with E-state index in [1.54, 1.807) is 16.7 Å². The van der Waals surface area contributed by atoms with E-state index in [4.69, 9.17) is 0 Å². The second kappa shape index (κ2) is 6.70. The maximum atomic E-state index is 12.4. The molecule has 3 unspecified atom stereocenters. The van der Waals surface area contributed by atoms with Gasteiger partial charge in [0.1, 0.15) is 6.04 Å². The molecule has 0 bridgehead atoms. The van der Waals surface area contributed by atoms with Gasteiger partial charge in [0.2, 0.25) is 0 Å². The molecule has 1 saturated heterocycles. The minimum Gasteiger partial charge on any atom is -0.480 e. The van der Waals surface area contributed by atoms with Gasteiger partial charge < -0.3 is 10.4 Å². The van der Waals surface area contributed by atoms with E-state index in [1.165, 1.54) is 0 Å². The Balaban J connectivity index is 1.97. The van der Waals surface area contributed by atoms with Crippen LogP contribution in [0.15, 0.2) is 0 Å². The fourth-order valence-electron chi connectivity index (χ4n) is 2.59. The van der Waals surface area contributed by atoms with Crippen LogP contribution in [0.5, 0.6) is 0 Å². The van der Waals surface area contributed by atoms with Crippen LogP contribution in [0.1, 0.15) is 46.0 Å². The van der Waals surface area contributed by atoms with Gasteiger partial charge in [0, 0.05) is 11.8 Å². The predicted molar refractivity (Wildman–Crippen MR) is 79.8 cm³/mol. The molecular formula is C14H24N2O3S. The Morgan fingerprint density at radius 2 is 2.15 bits per heavy atom. The molecule has 0 aromatic heterocycles. The van der Waals surface area contributed by atoms with Crippen molar-refractivity contribution < 1.29 is 14.7 Å². The Morgan fingerprint density at radius 1 is 1.45 bits per heavy atom. The molecule has 1 aliphatic carbocycles. The molecule has 1 saturated carbocycles. The maximum Gasteiger partial charge on any atom is 0.327 e. The van der Waals surface area contributed by atoms with Gasteiger partial charge in [0.05, 0.1) is 5.37 Å². The molecule has 114 valence electrons. The van der Waals surface area contributed by atoms with Crippen LogP contribution in [-0.4, -0.2) is 45.2 Å². The lowest BCUT2D eigenvalue weighted by atomic mass is 10.1. The van der Waals surface area contributed by atoms with Crippen molar-refractivity contribution in [2.24, 2.45) is 5.92 Å². The third kappa shape index (κ3) is 3.59. The number of hydrogen-bond acceptors (Lipinski definition) is 3. The molecule has 0 radical (unpaired) electrons. The van der Waals surface area contributed by atoms with Crippen LogP contribution < -0.4 is 5.32 Å². The summed E-state index contributed by atoms with van der Waals surface area (Å²) in [6.45, 7) is 4.11. The molecule has 1 heterocycles. The summed E-state index contributed by atoms with van der Waals surface area (Å²) in [6.07, 6.45) is 5.33. The Labute approximate surface area is 124 Å². The zero-order chi connectivity index (χ0) is 14.7. The smallest absolute Gasteiger partial charge is 0.327 e. The molecule has 2 fully saturated rings. The Morgan fingerprint density at radius 3 is 2.70 bits per heavy atom. The van der Waals surface area contributed by atoms with Crippen molar-refractivity contribution in [1.82, 2.24) is 10.2 Å². The highest BCUT2D eigenvalue weighted by molar-refractivity contribution is 8.00. The van der Waals surface area contributed by atoms with Crippen molar-refractivity contribution in [3.63, 3.8) is 0 Å². The summed E-state index contributed by atoms with van der Waals surface area (Å²) in [5, 5.41) is 12.3. The van der Waals surface area contributed by atoms with E-state index in [0.29, 0.717) is 11.7 Å². The van der Waals surface area contributed by atoms with E-state index >= 15 is 0 Å². The van der Waals surface area contributed by atoms with Crippen LogP contribution in [0, 0.1) is 5.92 Å². The van der Waals surface area contributed by atoms with Crippen LogP contribution in [0.25, 0.3) is 0 Å².